The van der Waals surface area contributed by atoms with Crippen LogP contribution in [0.3, 0.4) is 0 Å². The predicted molar refractivity (Wildman–Crippen MR) is 78.3 cm³/mol. The van der Waals surface area contributed by atoms with Gasteiger partial charge in [-0.25, -0.2) is 0 Å². The summed E-state index contributed by atoms with van der Waals surface area (Å²) in [5, 5.41) is 6.52. The smallest absolute Gasteiger partial charge is 0.222 e. The third-order valence-electron chi connectivity index (χ3n) is 2.84. The Morgan fingerprint density at radius 2 is 2.26 bits per heavy atom. The van der Waals surface area contributed by atoms with Gasteiger partial charge in [0.2, 0.25) is 5.78 Å². The normalized spacial score (nSPS) is 11.2. The SMILES string of the molecule is Cc1ccsc1C(=O)c1c(Cl)cnn1CCN(C)C. The van der Waals surface area contributed by atoms with Crippen LogP contribution in [0.5, 0.6) is 0 Å². The molecule has 0 atom stereocenters. The second-order valence-corrected chi connectivity index (χ2v) is 5.95. The van der Waals surface area contributed by atoms with E-state index < -0.39 is 0 Å². The van der Waals surface area contributed by atoms with Crippen molar-refractivity contribution in [3.8, 4) is 0 Å². The first-order valence-electron chi connectivity index (χ1n) is 5.95. The van der Waals surface area contributed by atoms with E-state index in [1.807, 2.05) is 37.4 Å². The zero-order valence-corrected chi connectivity index (χ0v) is 12.8. The van der Waals surface area contributed by atoms with Crippen molar-refractivity contribution in [3.05, 3.63) is 38.8 Å². The molecule has 6 heteroatoms. The van der Waals surface area contributed by atoms with E-state index in [0.29, 0.717) is 17.3 Å². The number of carbonyl (C=O) groups is 1. The molecule has 19 heavy (non-hydrogen) atoms. The van der Waals surface area contributed by atoms with E-state index in [0.717, 1.165) is 17.0 Å². The third kappa shape index (κ3) is 3.05. The fourth-order valence-electron chi connectivity index (χ4n) is 1.77. The number of hydrogen-bond acceptors (Lipinski definition) is 4. The average molecular weight is 298 g/mol. The molecule has 2 heterocycles. The van der Waals surface area contributed by atoms with Crippen molar-refractivity contribution in [2.75, 3.05) is 20.6 Å². The molecule has 102 valence electrons. The molecule has 2 aromatic heterocycles. The van der Waals surface area contributed by atoms with E-state index in [1.165, 1.54) is 17.5 Å². The lowest BCUT2D eigenvalue weighted by Crippen LogP contribution is -2.21. The van der Waals surface area contributed by atoms with E-state index in [4.69, 9.17) is 11.6 Å². The van der Waals surface area contributed by atoms with Crippen LogP contribution in [0.25, 0.3) is 0 Å². The van der Waals surface area contributed by atoms with Crippen LogP contribution in [-0.4, -0.2) is 41.1 Å². The molecule has 0 N–H and O–H groups in total. The first-order valence-corrected chi connectivity index (χ1v) is 7.21. The van der Waals surface area contributed by atoms with Crippen LogP contribution < -0.4 is 0 Å². The van der Waals surface area contributed by atoms with Crippen molar-refractivity contribution in [1.29, 1.82) is 0 Å². The van der Waals surface area contributed by atoms with Gasteiger partial charge in [-0.2, -0.15) is 5.10 Å². The van der Waals surface area contributed by atoms with E-state index in [1.54, 1.807) is 4.68 Å². The number of halogens is 1. The van der Waals surface area contributed by atoms with Crippen LogP contribution in [0, 0.1) is 6.92 Å². The van der Waals surface area contributed by atoms with E-state index in [-0.39, 0.29) is 5.78 Å². The van der Waals surface area contributed by atoms with Crippen molar-refractivity contribution in [1.82, 2.24) is 14.7 Å². The van der Waals surface area contributed by atoms with Gasteiger partial charge in [-0.1, -0.05) is 11.6 Å². The lowest BCUT2D eigenvalue weighted by molar-refractivity contribution is 0.103. The lowest BCUT2D eigenvalue weighted by atomic mass is 10.2. The highest BCUT2D eigenvalue weighted by molar-refractivity contribution is 7.12. The molecular weight excluding hydrogens is 282 g/mol. The molecule has 0 radical (unpaired) electrons. The van der Waals surface area contributed by atoms with Gasteiger partial charge < -0.3 is 4.90 Å². The largest absolute Gasteiger partial charge is 0.308 e. The number of nitrogens with zero attached hydrogens (tertiary/aromatic N) is 3. The van der Waals surface area contributed by atoms with E-state index >= 15 is 0 Å². The molecule has 2 aromatic rings. The summed E-state index contributed by atoms with van der Waals surface area (Å²) in [4.78, 5) is 15.3. The summed E-state index contributed by atoms with van der Waals surface area (Å²) in [6, 6.07) is 1.94. The minimum absolute atomic E-state index is 0.0474. The zero-order chi connectivity index (χ0) is 14.0. The molecule has 0 aliphatic heterocycles. The molecule has 0 unspecified atom stereocenters. The molecule has 0 amide bonds. The monoisotopic (exact) mass is 297 g/mol. The summed E-state index contributed by atoms with van der Waals surface area (Å²) >= 11 is 7.55. The molecule has 0 aromatic carbocycles. The summed E-state index contributed by atoms with van der Waals surface area (Å²) in [5.74, 6) is -0.0474. The molecule has 0 spiro atoms. The minimum Gasteiger partial charge on any atom is -0.308 e. The standard InChI is InChI=1S/C13H16ClN3OS/c1-9-4-7-19-13(9)12(18)11-10(14)8-15-17(11)6-5-16(2)3/h4,7-8H,5-6H2,1-3H3. The van der Waals surface area contributed by atoms with Gasteiger partial charge in [0.05, 0.1) is 22.6 Å². The minimum atomic E-state index is -0.0474. The summed E-state index contributed by atoms with van der Waals surface area (Å²) in [5.41, 5.74) is 1.46. The van der Waals surface area contributed by atoms with Gasteiger partial charge in [-0.05, 0) is 38.0 Å². The molecule has 0 aliphatic rings. The summed E-state index contributed by atoms with van der Waals surface area (Å²) in [6.45, 7) is 3.38. The topological polar surface area (TPSA) is 38.1 Å². The summed E-state index contributed by atoms with van der Waals surface area (Å²) in [7, 11) is 3.96. The number of aromatic nitrogens is 2. The third-order valence-corrected chi connectivity index (χ3v) is 4.13. The van der Waals surface area contributed by atoms with Crippen molar-refractivity contribution >= 4 is 28.7 Å². The fraction of sp³-hybridized carbons (Fsp3) is 0.385. The van der Waals surface area contributed by atoms with Crippen LogP contribution >= 0.6 is 22.9 Å². The Morgan fingerprint density at radius 3 is 2.84 bits per heavy atom. The predicted octanol–water partition coefficient (Wildman–Crippen LogP) is 2.70. The van der Waals surface area contributed by atoms with Gasteiger partial charge in [-0.15, -0.1) is 11.3 Å². The van der Waals surface area contributed by atoms with Crippen molar-refractivity contribution in [2.45, 2.75) is 13.5 Å². The lowest BCUT2D eigenvalue weighted by Gasteiger charge is -2.11. The van der Waals surface area contributed by atoms with Gasteiger partial charge in [0, 0.05) is 6.54 Å². The first kappa shape index (κ1) is 14.2. The van der Waals surface area contributed by atoms with Crippen LogP contribution in [0.4, 0.5) is 0 Å². The van der Waals surface area contributed by atoms with E-state index in [2.05, 4.69) is 5.10 Å². The number of ketones is 1. The Balaban J connectivity index is 2.31. The number of aryl methyl sites for hydroxylation is 1. The second kappa shape index (κ2) is 5.86. The Morgan fingerprint density at radius 1 is 1.53 bits per heavy atom. The van der Waals surface area contributed by atoms with Crippen LogP contribution in [0.1, 0.15) is 20.9 Å². The molecule has 0 saturated heterocycles. The molecular formula is C13H16ClN3OS. The Labute approximate surface area is 121 Å². The maximum Gasteiger partial charge on any atom is 0.222 e. The van der Waals surface area contributed by atoms with Gasteiger partial charge in [-0.3, -0.25) is 9.48 Å². The maximum absolute atomic E-state index is 12.5. The Kier molecular flexibility index (Phi) is 4.39. The van der Waals surface area contributed by atoms with Gasteiger partial charge >= 0.3 is 0 Å². The molecule has 0 fully saturated rings. The molecule has 0 aliphatic carbocycles. The second-order valence-electron chi connectivity index (χ2n) is 4.63. The molecule has 4 nitrogen and oxygen atoms in total. The van der Waals surface area contributed by atoms with Crippen molar-refractivity contribution in [2.24, 2.45) is 0 Å². The van der Waals surface area contributed by atoms with Gasteiger partial charge in [0.1, 0.15) is 5.69 Å². The van der Waals surface area contributed by atoms with Crippen LogP contribution in [0.15, 0.2) is 17.6 Å². The molecule has 0 bridgehead atoms. The number of likely N-dealkylation sites (N-methyl/N-ethyl adjacent to an activating group) is 1. The summed E-state index contributed by atoms with van der Waals surface area (Å²) < 4.78 is 1.68. The molecule has 2 rings (SSSR count). The Bertz CT molecular complexity index is 588. The number of hydrogen-bond donors (Lipinski definition) is 0. The number of thiophene rings is 1. The summed E-state index contributed by atoms with van der Waals surface area (Å²) in [6.07, 6.45) is 1.54. The van der Waals surface area contributed by atoms with Crippen molar-refractivity contribution < 1.29 is 4.79 Å². The van der Waals surface area contributed by atoms with Crippen LogP contribution in [-0.2, 0) is 6.54 Å². The fourth-order valence-corrected chi connectivity index (χ4v) is 2.86. The number of rotatable bonds is 5. The quantitative estimate of drug-likeness (QED) is 0.797. The average Bonchev–Trinajstić information content (AvgIpc) is 2.92. The highest BCUT2D eigenvalue weighted by Crippen LogP contribution is 2.24. The van der Waals surface area contributed by atoms with Crippen LogP contribution in [0.2, 0.25) is 5.02 Å². The van der Waals surface area contributed by atoms with E-state index in [9.17, 15) is 4.79 Å². The van der Waals surface area contributed by atoms with Gasteiger partial charge in [0.25, 0.3) is 0 Å². The van der Waals surface area contributed by atoms with Crippen molar-refractivity contribution in [3.63, 3.8) is 0 Å². The highest BCUT2D eigenvalue weighted by Gasteiger charge is 2.21. The van der Waals surface area contributed by atoms with Gasteiger partial charge in [0.15, 0.2) is 0 Å². The number of carbonyl (C=O) groups excluding carboxylic acids is 1. The molecule has 0 saturated carbocycles. The highest BCUT2D eigenvalue weighted by atomic mass is 35.5. The Hall–Kier alpha value is -1.17. The maximum atomic E-state index is 12.5. The zero-order valence-electron chi connectivity index (χ0n) is 11.2. The first-order chi connectivity index (χ1) is 9.00.